The molecule has 0 aromatic heterocycles. The summed E-state index contributed by atoms with van der Waals surface area (Å²) in [4.78, 5) is 4.82. The third-order valence-corrected chi connectivity index (χ3v) is 6.47. The van der Waals surface area contributed by atoms with Crippen molar-refractivity contribution in [3.05, 3.63) is 23.8 Å². The van der Waals surface area contributed by atoms with Crippen LogP contribution in [0.5, 0.6) is 11.5 Å². The van der Waals surface area contributed by atoms with Gasteiger partial charge in [0.2, 0.25) is 0 Å². The summed E-state index contributed by atoms with van der Waals surface area (Å²) in [6.45, 7) is 5.31. The average molecular weight is 546 g/mol. The molecule has 0 unspecified atom stereocenters. The number of nitrogens with one attached hydrogen (secondary N) is 2. The van der Waals surface area contributed by atoms with Gasteiger partial charge >= 0.3 is 0 Å². The van der Waals surface area contributed by atoms with E-state index in [1.54, 1.807) is 14.2 Å². The molecule has 0 aliphatic heterocycles. The summed E-state index contributed by atoms with van der Waals surface area (Å²) < 4.78 is 17.0. The van der Waals surface area contributed by atoms with Gasteiger partial charge in [-0.05, 0) is 75.0 Å². The summed E-state index contributed by atoms with van der Waals surface area (Å²) in [5, 5.41) is 6.94. The molecule has 0 spiro atoms. The van der Waals surface area contributed by atoms with Gasteiger partial charge in [-0.25, -0.2) is 4.99 Å². The lowest BCUT2D eigenvalue weighted by molar-refractivity contribution is 0.0732. The van der Waals surface area contributed by atoms with Crippen LogP contribution in [-0.4, -0.2) is 46.0 Å². The van der Waals surface area contributed by atoms with Gasteiger partial charge in [-0.15, -0.1) is 24.0 Å². The molecule has 0 radical (unpaired) electrons. The topological polar surface area (TPSA) is 64.1 Å². The fourth-order valence-electron chi connectivity index (χ4n) is 4.39. The number of methoxy groups -OCH3 is 2. The van der Waals surface area contributed by atoms with Gasteiger partial charge in [0.05, 0.1) is 19.8 Å². The number of benzene rings is 1. The Morgan fingerprint density at radius 3 is 2.48 bits per heavy atom. The Morgan fingerprint density at radius 1 is 1.10 bits per heavy atom. The largest absolute Gasteiger partial charge is 0.493 e. The zero-order valence-corrected chi connectivity index (χ0v) is 21.7. The van der Waals surface area contributed by atoms with Crippen molar-refractivity contribution >= 4 is 29.9 Å². The van der Waals surface area contributed by atoms with Gasteiger partial charge in [0.1, 0.15) is 0 Å². The van der Waals surface area contributed by atoms with Crippen LogP contribution < -0.4 is 20.1 Å². The predicted molar refractivity (Wildman–Crippen MR) is 137 cm³/mol. The van der Waals surface area contributed by atoms with Crippen molar-refractivity contribution in [3.63, 3.8) is 0 Å². The Balaban J connectivity index is 0.00000341. The van der Waals surface area contributed by atoms with E-state index < -0.39 is 0 Å². The molecule has 3 rings (SSSR count). The van der Waals surface area contributed by atoms with E-state index in [4.69, 9.17) is 19.2 Å². The molecule has 2 fully saturated rings. The molecule has 6 nitrogen and oxygen atoms in total. The van der Waals surface area contributed by atoms with E-state index >= 15 is 0 Å². The highest BCUT2D eigenvalue weighted by Crippen LogP contribution is 2.43. The number of hydrogen-bond donors (Lipinski definition) is 2. The summed E-state index contributed by atoms with van der Waals surface area (Å²) >= 11 is 0. The quantitative estimate of drug-likeness (QED) is 0.236. The van der Waals surface area contributed by atoms with Gasteiger partial charge in [-0.2, -0.15) is 0 Å². The van der Waals surface area contributed by atoms with Crippen molar-refractivity contribution in [2.24, 2.45) is 10.4 Å². The minimum absolute atomic E-state index is 0. The van der Waals surface area contributed by atoms with Gasteiger partial charge in [0.25, 0.3) is 0 Å². The van der Waals surface area contributed by atoms with E-state index in [1.165, 1.54) is 32.1 Å². The number of guanidine groups is 1. The van der Waals surface area contributed by atoms with E-state index in [1.807, 2.05) is 6.07 Å². The molecule has 7 heteroatoms. The summed E-state index contributed by atoms with van der Waals surface area (Å²) in [5.74, 6) is 2.50. The predicted octanol–water partition coefficient (Wildman–Crippen LogP) is 4.90. The summed E-state index contributed by atoms with van der Waals surface area (Å²) in [7, 11) is 3.48. The first-order valence-electron chi connectivity index (χ1n) is 11.5. The molecule has 2 aliphatic rings. The fraction of sp³-hybridized carbons (Fsp3) is 0.708. The van der Waals surface area contributed by atoms with Crippen LogP contribution in [0.3, 0.4) is 0 Å². The Hall–Kier alpha value is -1.22. The van der Waals surface area contributed by atoms with E-state index in [2.05, 4.69) is 29.7 Å². The second kappa shape index (κ2) is 13.4. The molecule has 1 aromatic carbocycles. The maximum absolute atomic E-state index is 6.23. The molecular weight excluding hydrogens is 505 g/mol. The first kappa shape index (κ1) is 26.0. The third kappa shape index (κ3) is 7.70. The number of aliphatic imine (C=N–C) groups is 1. The highest BCUT2D eigenvalue weighted by molar-refractivity contribution is 14.0. The number of hydrogen-bond acceptors (Lipinski definition) is 4. The van der Waals surface area contributed by atoms with Gasteiger partial charge < -0.3 is 24.8 Å². The molecule has 0 heterocycles. The van der Waals surface area contributed by atoms with Gasteiger partial charge in [0, 0.05) is 26.8 Å². The smallest absolute Gasteiger partial charge is 0.191 e. The number of halogens is 1. The van der Waals surface area contributed by atoms with E-state index in [0.29, 0.717) is 18.1 Å². The maximum atomic E-state index is 6.23. The Bertz CT molecular complexity index is 689. The Kier molecular flexibility index (Phi) is 11.2. The molecule has 2 aliphatic carbocycles. The van der Waals surface area contributed by atoms with Crippen molar-refractivity contribution in [2.45, 2.75) is 70.9 Å². The van der Waals surface area contributed by atoms with Crippen LogP contribution >= 0.6 is 24.0 Å². The minimum Gasteiger partial charge on any atom is -0.493 e. The zero-order chi connectivity index (χ0) is 21.2. The molecule has 0 amide bonds. The highest BCUT2D eigenvalue weighted by Gasteiger charge is 2.36. The van der Waals surface area contributed by atoms with Crippen molar-refractivity contribution in [3.8, 4) is 11.5 Å². The van der Waals surface area contributed by atoms with Crippen LogP contribution in [0.1, 0.15) is 63.9 Å². The standard InChI is InChI=1S/C24H39N3O3.HI/c1-4-25-23(27-18-24(12-7-13-24)14-15-28-2)26-17-19-10-11-21(29-3)22(16-19)30-20-8-5-6-9-20;/h10-11,16,20H,4-9,12-15,17-18H2,1-3H3,(H2,25,26,27);1H. The SMILES string of the molecule is CCNC(=NCc1ccc(OC)c(OC2CCCC2)c1)NCC1(CCOC)CCC1.I. The molecule has 0 saturated heterocycles. The monoisotopic (exact) mass is 545 g/mol. The molecule has 31 heavy (non-hydrogen) atoms. The Labute approximate surface area is 204 Å². The molecule has 1 aromatic rings. The van der Waals surface area contributed by atoms with Gasteiger partial charge in [-0.3, -0.25) is 0 Å². The second-order valence-corrected chi connectivity index (χ2v) is 8.65. The Morgan fingerprint density at radius 2 is 1.87 bits per heavy atom. The lowest BCUT2D eigenvalue weighted by atomic mass is 9.67. The minimum atomic E-state index is 0. The zero-order valence-electron chi connectivity index (χ0n) is 19.4. The summed E-state index contributed by atoms with van der Waals surface area (Å²) in [6, 6.07) is 6.14. The van der Waals surface area contributed by atoms with Crippen LogP contribution in [0.4, 0.5) is 0 Å². The maximum Gasteiger partial charge on any atom is 0.191 e. The summed E-state index contributed by atoms with van der Waals surface area (Å²) in [5.41, 5.74) is 1.48. The van der Waals surface area contributed by atoms with E-state index in [-0.39, 0.29) is 24.0 Å². The summed E-state index contributed by atoms with van der Waals surface area (Å²) in [6.07, 6.45) is 10.0. The van der Waals surface area contributed by atoms with Crippen molar-refractivity contribution in [1.82, 2.24) is 10.6 Å². The third-order valence-electron chi connectivity index (χ3n) is 6.47. The first-order valence-corrected chi connectivity index (χ1v) is 11.5. The van der Waals surface area contributed by atoms with Crippen LogP contribution in [-0.2, 0) is 11.3 Å². The number of ether oxygens (including phenoxy) is 3. The molecular formula is C24H40IN3O3. The van der Waals surface area contributed by atoms with Crippen molar-refractivity contribution in [1.29, 1.82) is 0 Å². The number of nitrogens with zero attached hydrogens (tertiary/aromatic N) is 1. The van der Waals surface area contributed by atoms with Crippen LogP contribution in [0.25, 0.3) is 0 Å². The van der Waals surface area contributed by atoms with E-state index in [0.717, 1.165) is 62.0 Å². The highest BCUT2D eigenvalue weighted by atomic mass is 127. The number of rotatable bonds is 11. The first-order chi connectivity index (χ1) is 14.7. The molecule has 2 saturated carbocycles. The van der Waals surface area contributed by atoms with Crippen LogP contribution in [0, 0.1) is 5.41 Å². The van der Waals surface area contributed by atoms with Gasteiger partial charge in [0.15, 0.2) is 17.5 Å². The molecule has 2 N–H and O–H groups in total. The van der Waals surface area contributed by atoms with E-state index in [9.17, 15) is 0 Å². The normalized spacial score (nSPS) is 18.1. The lowest BCUT2D eigenvalue weighted by Crippen LogP contribution is -2.46. The van der Waals surface area contributed by atoms with Crippen molar-refractivity contribution in [2.75, 3.05) is 33.9 Å². The van der Waals surface area contributed by atoms with Crippen molar-refractivity contribution < 1.29 is 14.2 Å². The molecule has 0 atom stereocenters. The fourth-order valence-corrected chi connectivity index (χ4v) is 4.39. The van der Waals surface area contributed by atoms with Crippen LogP contribution in [0.15, 0.2) is 23.2 Å². The average Bonchev–Trinajstić information content (AvgIpc) is 3.24. The molecule has 0 bridgehead atoms. The second-order valence-electron chi connectivity index (χ2n) is 8.65. The van der Waals surface area contributed by atoms with Gasteiger partial charge in [-0.1, -0.05) is 12.5 Å². The molecule has 176 valence electrons. The lowest BCUT2D eigenvalue weighted by Gasteiger charge is -2.42. The van der Waals surface area contributed by atoms with Crippen LogP contribution in [0.2, 0.25) is 0 Å².